The molecule has 9 nitrogen and oxygen atoms in total. The lowest BCUT2D eigenvalue weighted by molar-refractivity contribution is -0.136. The summed E-state index contributed by atoms with van der Waals surface area (Å²) in [7, 11) is 3.03. The minimum atomic E-state index is -0.964. The molecule has 2 N–H and O–H groups in total. The van der Waals surface area contributed by atoms with Gasteiger partial charge < -0.3 is 29.7 Å². The van der Waals surface area contributed by atoms with Crippen LogP contribution < -0.4 is 14.8 Å². The van der Waals surface area contributed by atoms with E-state index in [1.807, 2.05) is 0 Å². The number of aliphatic carboxylic acids is 1. The average Bonchev–Trinajstić information content (AvgIpc) is 2.66. The second-order valence-corrected chi connectivity index (χ2v) is 5.72. The summed E-state index contributed by atoms with van der Waals surface area (Å²) in [5.74, 6) is -0.103. The third-order valence-corrected chi connectivity index (χ3v) is 4.11. The highest BCUT2D eigenvalue weighted by Crippen LogP contribution is 2.26. The van der Waals surface area contributed by atoms with Crippen molar-refractivity contribution in [2.75, 3.05) is 46.9 Å². The van der Waals surface area contributed by atoms with Gasteiger partial charge in [-0.1, -0.05) is 0 Å². The number of piperazine rings is 1. The van der Waals surface area contributed by atoms with Gasteiger partial charge in [0.15, 0.2) is 0 Å². The molecule has 0 unspecified atom stereocenters. The summed E-state index contributed by atoms with van der Waals surface area (Å²) >= 11 is 0. The van der Waals surface area contributed by atoms with Gasteiger partial charge in [0.25, 0.3) is 5.91 Å². The second kappa shape index (κ2) is 8.93. The third-order valence-electron chi connectivity index (χ3n) is 4.11. The smallest absolute Gasteiger partial charge is 0.317 e. The number of nitrogens with one attached hydrogen (secondary N) is 1. The van der Waals surface area contributed by atoms with E-state index in [0.29, 0.717) is 43.2 Å². The van der Waals surface area contributed by atoms with Crippen LogP contribution >= 0.6 is 0 Å². The number of hydrogen-bond acceptors (Lipinski definition) is 5. The minimum absolute atomic E-state index is 0.0797. The monoisotopic (exact) mass is 365 g/mol. The number of nitrogens with zero attached hydrogens (tertiary/aromatic N) is 2. The molecule has 1 aliphatic heterocycles. The Morgan fingerprint density at radius 2 is 1.73 bits per heavy atom. The van der Waals surface area contributed by atoms with Gasteiger partial charge in [-0.3, -0.25) is 9.59 Å². The fourth-order valence-corrected chi connectivity index (χ4v) is 2.65. The summed E-state index contributed by atoms with van der Waals surface area (Å²) in [6.07, 6.45) is -0.124. The molecule has 0 spiro atoms. The molecule has 3 amide bonds. The van der Waals surface area contributed by atoms with Crippen molar-refractivity contribution in [3.63, 3.8) is 0 Å². The van der Waals surface area contributed by atoms with Crippen LogP contribution in [0.1, 0.15) is 16.8 Å². The first-order valence-corrected chi connectivity index (χ1v) is 8.22. The van der Waals surface area contributed by atoms with Crippen molar-refractivity contribution in [1.29, 1.82) is 0 Å². The zero-order valence-corrected chi connectivity index (χ0v) is 14.9. The number of carbonyl (C=O) groups excluding carboxylic acids is 2. The van der Waals surface area contributed by atoms with Crippen molar-refractivity contribution >= 4 is 17.9 Å². The lowest BCUT2D eigenvalue weighted by Crippen LogP contribution is -2.53. The summed E-state index contributed by atoms with van der Waals surface area (Å²) in [5, 5.41) is 11.1. The summed E-state index contributed by atoms with van der Waals surface area (Å²) in [6.45, 7) is 1.61. The van der Waals surface area contributed by atoms with Gasteiger partial charge in [-0.15, -0.1) is 0 Å². The van der Waals surface area contributed by atoms with E-state index < -0.39 is 5.97 Å². The number of hydrogen-bond donors (Lipinski definition) is 2. The van der Waals surface area contributed by atoms with E-state index >= 15 is 0 Å². The Morgan fingerprint density at radius 3 is 2.31 bits per heavy atom. The summed E-state index contributed by atoms with van der Waals surface area (Å²) in [4.78, 5) is 38.4. The molecule has 1 aromatic rings. The van der Waals surface area contributed by atoms with Crippen LogP contribution in [0.2, 0.25) is 0 Å². The molecule has 0 bridgehead atoms. The molecule has 1 aromatic carbocycles. The topological polar surface area (TPSA) is 108 Å². The van der Waals surface area contributed by atoms with Crippen molar-refractivity contribution in [3.8, 4) is 11.5 Å². The Kier molecular flexibility index (Phi) is 6.65. The molecule has 0 atom stereocenters. The van der Waals surface area contributed by atoms with Crippen LogP contribution in [0.25, 0.3) is 0 Å². The Bertz CT molecular complexity index is 670. The van der Waals surface area contributed by atoms with Crippen LogP contribution in [-0.2, 0) is 4.79 Å². The number of carboxylic acids is 1. The average molecular weight is 365 g/mol. The van der Waals surface area contributed by atoms with Crippen LogP contribution in [0.3, 0.4) is 0 Å². The third kappa shape index (κ3) is 4.78. The maximum Gasteiger partial charge on any atom is 0.317 e. The molecule has 1 fully saturated rings. The highest BCUT2D eigenvalue weighted by molar-refractivity contribution is 5.97. The summed E-state index contributed by atoms with van der Waals surface area (Å²) in [6, 6.07) is 4.69. The second-order valence-electron chi connectivity index (χ2n) is 5.72. The van der Waals surface area contributed by atoms with Gasteiger partial charge >= 0.3 is 12.0 Å². The zero-order valence-electron chi connectivity index (χ0n) is 14.9. The van der Waals surface area contributed by atoms with Crippen molar-refractivity contribution in [3.05, 3.63) is 23.8 Å². The van der Waals surface area contributed by atoms with Crippen LogP contribution in [0.4, 0.5) is 4.79 Å². The Hall–Kier alpha value is -2.97. The number of rotatable bonds is 6. The highest BCUT2D eigenvalue weighted by atomic mass is 16.5. The van der Waals surface area contributed by atoms with Crippen molar-refractivity contribution in [2.45, 2.75) is 6.42 Å². The normalized spacial score (nSPS) is 13.9. The minimum Gasteiger partial charge on any atom is -0.497 e. The lowest BCUT2D eigenvalue weighted by Gasteiger charge is -2.35. The summed E-state index contributed by atoms with van der Waals surface area (Å²) in [5.41, 5.74) is 0.438. The molecule has 2 rings (SSSR count). The summed E-state index contributed by atoms with van der Waals surface area (Å²) < 4.78 is 10.4. The molecule has 0 aliphatic carbocycles. The zero-order chi connectivity index (χ0) is 19.1. The quantitative estimate of drug-likeness (QED) is 0.766. The van der Waals surface area contributed by atoms with E-state index in [1.54, 1.807) is 28.0 Å². The number of ether oxygens (including phenoxy) is 2. The molecular formula is C17H23N3O6. The number of urea groups is 1. The molecule has 1 aliphatic rings. The van der Waals surface area contributed by atoms with Crippen molar-refractivity contribution < 1.29 is 29.0 Å². The van der Waals surface area contributed by atoms with Crippen molar-refractivity contribution in [1.82, 2.24) is 15.1 Å². The van der Waals surface area contributed by atoms with E-state index in [0.717, 1.165) is 0 Å². The number of carboxylic acid groups (broad SMARTS) is 1. The fraction of sp³-hybridized carbons (Fsp3) is 0.471. The van der Waals surface area contributed by atoms with Crippen molar-refractivity contribution in [2.24, 2.45) is 0 Å². The van der Waals surface area contributed by atoms with Gasteiger partial charge in [-0.05, 0) is 12.1 Å². The number of methoxy groups -OCH3 is 2. The first kappa shape index (κ1) is 19.4. The molecule has 0 aromatic heterocycles. The van der Waals surface area contributed by atoms with Crippen LogP contribution in [0.15, 0.2) is 18.2 Å². The van der Waals surface area contributed by atoms with E-state index in [4.69, 9.17) is 14.6 Å². The predicted molar refractivity (Wildman–Crippen MR) is 92.7 cm³/mol. The van der Waals surface area contributed by atoms with E-state index in [-0.39, 0.29) is 24.9 Å². The maximum atomic E-state index is 12.7. The number of carbonyl (C=O) groups is 3. The highest BCUT2D eigenvalue weighted by Gasteiger charge is 2.26. The van der Waals surface area contributed by atoms with Gasteiger partial charge in [0, 0.05) is 38.8 Å². The maximum absolute atomic E-state index is 12.7. The lowest BCUT2D eigenvalue weighted by atomic mass is 10.1. The first-order chi connectivity index (χ1) is 12.5. The molecule has 26 heavy (non-hydrogen) atoms. The van der Waals surface area contributed by atoms with Gasteiger partial charge in [0.05, 0.1) is 26.2 Å². The first-order valence-electron chi connectivity index (χ1n) is 8.22. The van der Waals surface area contributed by atoms with Gasteiger partial charge in [-0.25, -0.2) is 4.79 Å². The number of benzene rings is 1. The molecule has 0 saturated carbocycles. The molecule has 0 radical (unpaired) electrons. The fourth-order valence-electron chi connectivity index (χ4n) is 2.65. The standard InChI is InChI=1S/C17H23N3O6/c1-25-12-3-4-13(14(11-12)26-2)16(23)19-7-9-20(10-8-19)17(24)18-6-5-15(21)22/h3-4,11H,5-10H2,1-2H3,(H,18,24)(H,21,22). The Morgan fingerprint density at radius 1 is 1.08 bits per heavy atom. The predicted octanol–water partition coefficient (Wildman–Crippen LogP) is 0.646. The van der Waals surface area contributed by atoms with Crippen LogP contribution in [0.5, 0.6) is 11.5 Å². The number of amides is 3. The Labute approximate surface area is 151 Å². The molecule has 142 valence electrons. The van der Waals surface area contributed by atoms with E-state index in [2.05, 4.69) is 5.32 Å². The van der Waals surface area contributed by atoms with Gasteiger partial charge in [0.1, 0.15) is 11.5 Å². The molecule has 1 saturated heterocycles. The SMILES string of the molecule is COc1ccc(C(=O)N2CCN(C(=O)NCCC(=O)O)CC2)c(OC)c1. The van der Waals surface area contributed by atoms with Crippen LogP contribution in [0, 0.1) is 0 Å². The van der Waals surface area contributed by atoms with Crippen LogP contribution in [-0.4, -0.2) is 79.8 Å². The van der Waals surface area contributed by atoms with Gasteiger partial charge in [-0.2, -0.15) is 0 Å². The van der Waals surface area contributed by atoms with E-state index in [9.17, 15) is 14.4 Å². The van der Waals surface area contributed by atoms with E-state index in [1.165, 1.54) is 14.2 Å². The Balaban J connectivity index is 1.92. The molecule has 9 heteroatoms. The molecular weight excluding hydrogens is 342 g/mol. The largest absolute Gasteiger partial charge is 0.497 e. The van der Waals surface area contributed by atoms with Gasteiger partial charge in [0.2, 0.25) is 0 Å². The molecule has 1 heterocycles.